The third-order valence-corrected chi connectivity index (χ3v) is 10.8. The Kier molecular flexibility index (Phi) is 9.20. The number of nitrogens with one attached hydrogen (secondary N) is 2. The van der Waals surface area contributed by atoms with Crippen LogP contribution in [0.4, 0.5) is 28.8 Å². The normalized spacial score (nSPS) is 16.8. The fourth-order valence-corrected chi connectivity index (χ4v) is 8.16. The standard InChI is InChI=1S/C31H41Cl2N6OP/c1-7-20-15-25(27(40-4)16-26(20)39-13-11-31(12-14-39)17-21(18-31)38(2)3)36-30-34-19-23(33)29(37-30)35-24-10-8-9-22(32)28(24)41(5)6/h8-10,15-16,19,21H,7,11-14,17-18H2,1-6H3,(H2,34,35,36,37). The Morgan fingerprint density at radius 1 is 1.07 bits per heavy atom. The van der Waals surface area contributed by atoms with Gasteiger partial charge in [0.2, 0.25) is 5.95 Å². The molecule has 5 rings (SSSR count). The molecule has 1 aliphatic carbocycles. The number of hydrogen-bond acceptors (Lipinski definition) is 7. The zero-order chi connectivity index (χ0) is 29.3. The minimum absolute atomic E-state index is 0.431. The second-order valence-electron chi connectivity index (χ2n) is 11.7. The maximum Gasteiger partial charge on any atom is 0.229 e. The molecule has 1 aromatic heterocycles. The van der Waals surface area contributed by atoms with Crippen molar-refractivity contribution in [1.29, 1.82) is 0 Å². The van der Waals surface area contributed by atoms with Crippen LogP contribution in [-0.2, 0) is 6.42 Å². The molecule has 1 aliphatic heterocycles. The van der Waals surface area contributed by atoms with Crippen LogP contribution in [0.2, 0.25) is 10.0 Å². The molecule has 2 aromatic carbocycles. The van der Waals surface area contributed by atoms with Crippen LogP contribution in [0.25, 0.3) is 0 Å². The maximum atomic E-state index is 6.52. The SMILES string of the molecule is CCc1cc(Nc2ncc(Cl)c(Nc3cccc(Cl)c3P(C)C)n2)c(OC)cc1N1CCC2(CC1)CC(N(C)C)C2. The number of nitrogens with zero attached hydrogens (tertiary/aromatic N) is 4. The summed E-state index contributed by atoms with van der Waals surface area (Å²) in [5.41, 5.74) is 4.80. The van der Waals surface area contributed by atoms with Gasteiger partial charge in [-0.25, -0.2) is 4.98 Å². The Morgan fingerprint density at radius 2 is 1.80 bits per heavy atom. The quantitative estimate of drug-likeness (QED) is 0.242. The van der Waals surface area contributed by atoms with Gasteiger partial charge >= 0.3 is 0 Å². The highest BCUT2D eigenvalue weighted by molar-refractivity contribution is 7.64. The zero-order valence-electron chi connectivity index (χ0n) is 24.9. The number of ether oxygens (including phenoxy) is 1. The molecule has 0 radical (unpaired) electrons. The topological polar surface area (TPSA) is 65.6 Å². The highest BCUT2D eigenvalue weighted by Gasteiger charge is 2.46. The molecule has 0 bridgehead atoms. The van der Waals surface area contributed by atoms with E-state index in [4.69, 9.17) is 32.9 Å². The summed E-state index contributed by atoms with van der Waals surface area (Å²) in [6.07, 6.45) is 7.69. The fourth-order valence-electron chi connectivity index (χ4n) is 6.23. The molecule has 1 spiro atoms. The minimum Gasteiger partial charge on any atom is -0.494 e. The van der Waals surface area contributed by atoms with Crippen LogP contribution in [0.5, 0.6) is 5.75 Å². The summed E-state index contributed by atoms with van der Waals surface area (Å²) >= 11 is 13.0. The van der Waals surface area contributed by atoms with E-state index in [9.17, 15) is 0 Å². The van der Waals surface area contributed by atoms with Gasteiger partial charge in [-0.05, 0) is 88.7 Å². The lowest BCUT2D eigenvalue weighted by Crippen LogP contribution is -2.53. The molecule has 220 valence electrons. The molecule has 0 atom stereocenters. The molecular formula is C31H41Cl2N6OP. The van der Waals surface area contributed by atoms with Crippen molar-refractivity contribution in [2.45, 2.75) is 45.1 Å². The molecule has 10 heteroatoms. The van der Waals surface area contributed by atoms with Crippen LogP contribution in [0.15, 0.2) is 36.5 Å². The Balaban J connectivity index is 1.35. The van der Waals surface area contributed by atoms with E-state index in [2.05, 4.69) is 71.9 Å². The van der Waals surface area contributed by atoms with Crippen LogP contribution in [0, 0.1) is 5.41 Å². The third-order valence-electron chi connectivity index (χ3n) is 8.69. The zero-order valence-corrected chi connectivity index (χ0v) is 27.3. The second kappa shape index (κ2) is 12.5. The Morgan fingerprint density at radius 3 is 2.44 bits per heavy atom. The molecule has 1 saturated heterocycles. The first-order valence-electron chi connectivity index (χ1n) is 14.3. The van der Waals surface area contributed by atoms with Gasteiger partial charge in [-0.2, -0.15) is 4.98 Å². The lowest BCUT2D eigenvalue weighted by atomic mass is 9.60. The summed E-state index contributed by atoms with van der Waals surface area (Å²) in [4.78, 5) is 14.1. The van der Waals surface area contributed by atoms with Crippen LogP contribution in [-0.4, -0.2) is 68.5 Å². The fraction of sp³-hybridized carbons (Fsp3) is 0.484. The van der Waals surface area contributed by atoms with Gasteiger partial charge in [0.15, 0.2) is 5.82 Å². The summed E-state index contributed by atoms with van der Waals surface area (Å²) in [6.45, 7) is 8.72. The van der Waals surface area contributed by atoms with Gasteiger partial charge in [-0.1, -0.05) is 44.1 Å². The number of methoxy groups -OCH3 is 1. The molecule has 2 N–H and O–H groups in total. The average molecular weight is 616 g/mol. The number of aryl methyl sites for hydroxylation is 1. The number of hydrogen-bond donors (Lipinski definition) is 2. The van der Waals surface area contributed by atoms with Crippen LogP contribution in [0.3, 0.4) is 0 Å². The van der Waals surface area contributed by atoms with Crippen molar-refractivity contribution < 1.29 is 4.74 Å². The minimum atomic E-state index is -0.439. The van der Waals surface area contributed by atoms with E-state index >= 15 is 0 Å². The number of halogens is 2. The van der Waals surface area contributed by atoms with Crippen molar-refractivity contribution in [3.05, 3.63) is 52.1 Å². The highest BCUT2D eigenvalue weighted by Crippen LogP contribution is 2.51. The number of benzene rings is 2. The van der Waals surface area contributed by atoms with Crippen LogP contribution >= 0.6 is 31.1 Å². The first-order chi connectivity index (χ1) is 19.6. The van der Waals surface area contributed by atoms with Gasteiger partial charge in [0, 0.05) is 41.9 Å². The summed E-state index contributed by atoms with van der Waals surface area (Å²) in [6, 6.07) is 10.9. The van der Waals surface area contributed by atoms with Crippen LogP contribution in [0.1, 0.15) is 38.2 Å². The van der Waals surface area contributed by atoms with Gasteiger partial charge in [-0.15, -0.1) is 0 Å². The molecule has 0 unspecified atom stereocenters. The van der Waals surface area contributed by atoms with Crippen molar-refractivity contribution in [3.8, 4) is 5.75 Å². The first kappa shape index (κ1) is 30.2. The Labute approximate surface area is 255 Å². The van der Waals surface area contributed by atoms with E-state index in [0.717, 1.165) is 53.0 Å². The largest absolute Gasteiger partial charge is 0.494 e. The molecule has 2 fully saturated rings. The summed E-state index contributed by atoms with van der Waals surface area (Å²) < 4.78 is 5.86. The lowest BCUT2D eigenvalue weighted by molar-refractivity contribution is 0.00488. The summed E-state index contributed by atoms with van der Waals surface area (Å²) in [7, 11) is 5.68. The van der Waals surface area contributed by atoms with Crippen molar-refractivity contribution in [3.63, 3.8) is 0 Å². The first-order valence-corrected chi connectivity index (χ1v) is 17.3. The molecule has 2 heterocycles. The van der Waals surface area contributed by atoms with Crippen molar-refractivity contribution in [2.75, 3.05) is 63.2 Å². The lowest BCUT2D eigenvalue weighted by Gasteiger charge is -2.54. The summed E-state index contributed by atoms with van der Waals surface area (Å²) in [5.74, 6) is 1.72. The molecule has 3 aromatic rings. The monoisotopic (exact) mass is 614 g/mol. The predicted molar refractivity (Wildman–Crippen MR) is 176 cm³/mol. The Bertz CT molecular complexity index is 1390. The van der Waals surface area contributed by atoms with Gasteiger partial charge < -0.3 is 25.2 Å². The molecular weight excluding hydrogens is 574 g/mol. The second-order valence-corrected chi connectivity index (χ2v) is 14.8. The maximum absolute atomic E-state index is 6.52. The van der Waals surface area contributed by atoms with E-state index in [1.165, 1.54) is 36.9 Å². The molecule has 41 heavy (non-hydrogen) atoms. The smallest absolute Gasteiger partial charge is 0.229 e. The van der Waals surface area contributed by atoms with Crippen molar-refractivity contribution in [2.24, 2.45) is 5.41 Å². The number of rotatable bonds is 9. The van der Waals surface area contributed by atoms with Gasteiger partial charge in [0.25, 0.3) is 0 Å². The van der Waals surface area contributed by atoms with E-state index in [1.807, 2.05) is 18.2 Å². The number of anilines is 5. The van der Waals surface area contributed by atoms with Gasteiger partial charge in [0.1, 0.15) is 10.8 Å². The number of piperidine rings is 1. The molecule has 7 nitrogen and oxygen atoms in total. The van der Waals surface area contributed by atoms with E-state index in [0.29, 0.717) is 22.2 Å². The van der Waals surface area contributed by atoms with Crippen molar-refractivity contribution >= 4 is 65.3 Å². The Hall–Kier alpha value is -2.31. The third kappa shape index (κ3) is 6.39. The van der Waals surface area contributed by atoms with Gasteiger partial charge in [-0.3, -0.25) is 0 Å². The summed E-state index contributed by atoms with van der Waals surface area (Å²) in [5, 5.41) is 9.02. The molecule has 0 amide bonds. The van der Waals surface area contributed by atoms with Crippen molar-refractivity contribution in [1.82, 2.24) is 14.9 Å². The van der Waals surface area contributed by atoms with Gasteiger partial charge in [0.05, 0.1) is 24.0 Å². The van der Waals surface area contributed by atoms with E-state index in [1.54, 1.807) is 13.3 Å². The van der Waals surface area contributed by atoms with E-state index < -0.39 is 7.92 Å². The number of aromatic nitrogens is 2. The van der Waals surface area contributed by atoms with Crippen LogP contribution < -0.4 is 25.6 Å². The van der Waals surface area contributed by atoms with E-state index in [-0.39, 0.29) is 0 Å². The average Bonchev–Trinajstić information content (AvgIpc) is 2.93. The molecule has 1 saturated carbocycles. The predicted octanol–water partition coefficient (Wildman–Crippen LogP) is 7.52. The molecule has 2 aliphatic rings. The highest BCUT2D eigenvalue weighted by atomic mass is 35.5.